The molecule has 4 heteroatoms. The summed E-state index contributed by atoms with van der Waals surface area (Å²) in [6.07, 6.45) is 0.713. The van der Waals surface area contributed by atoms with E-state index in [1.165, 1.54) is 0 Å². The summed E-state index contributed by atoms with van der Waals surface area (Å²) in [7, 11) is 3.26. The molecule has 4 nitrogen and oxygen atoms in total. The molecule has 0 saturated carbocycles. The molecule has 0 fully saturated rings. The van der Waals surface area contributed by atoms with Crippen molar-refractivity contribution in [3.8, 4) is 11.5 Å². The van der Waals surface area contributed by atoms with Crippen molar-refractivity contribution in [3.63, 3.8) is 0 Å². The third kappa shape index (κ3) is 5.09. The van der Waals surface area contributed by atoms with Crippen LogP contribution in [0.3, 0.4) is 0 Å². The number of methoxy groups -OCH3 is 2. The normalized spacial score (nSPS) is 13.2. The zero-order chi connectivity index (χ0) is 14.5. The lowest BCUT2D eigenvalue weighted by molar-refractivity contribution is 0.0705. The van der Waals surface area contributed by atoms with Gasteiger partial charge in [0, 0.05) is 6.04 Å². The third-order valence-corrected chi connectivity index (χ3v) is 3.09. The quantitative estimate of drug-likeness (QED) is 0.797. The van der Waals surface area contributed by atoms with Crippen LogP contribution in [0, 0.1) is 0 Å². The number of nitrogens with one attached hydrogen (secondary N) is 1. The SMILES string of the molecule is COc1ccc(C(C)NCCC(C)(C)O)cc1OC. The number of ether oxygens (including phenoxy) is 2. The fourth-order valence-corrected chi connectivity index (χ4v) is 1.83. The van der Waals surface area contributed by atoms with Gasteiger partial charge in [-0.1, -0.05) is 6.07 Å². The van der Waals surface area contributed by atoms with Crippen LogP contribution in [0.15, 0.2) is 18.2 Å². The van der Waals surface area contributed by atoms with E-state index in [-0.39, 0.29) is 6.04 Å². The first-order chi connectivity index (χ1) is 8.87. The van der Waals surface area contributed by atoms with Crippen LogP contribution in [0.4, 0.5) is 0 Å². The van der Waals surface area contributed by atoms with Gasteiger partial charge in [-0.25, -0.2) is 0 Å². The topological polar surface area (TPSA) is 50.7 Å². The molecular weight excluding hydrogens is 242 g/mol. The Morgan fingerprint density at radius 3 is 2.37 bits per heavy atom. The van der Waals surface area contributed by atoms with Crippen molar-refractivity contribution in [2.45, 2.75) is 38.8 Å². The summed E-state index contributed by atoms with van der Waals surface area (Å²) < 4.78 is 10.5. The van der Waals surface area contributed by atoms with Gasteiger partial charge in [-0.2, -0.15) is 0 Å². The van der Waals surface area contributed by atoms with E-state index < -0.39 is 5.60 Å². The van der Waals surface area contributed by atoms with Gasteiger partial charge in [-0.15, -0.1) is 0 Å². The van der Waals surface area contributed by atoms with Crippen molar-refractivity contribution in [2.75, 3.05) is 20.8 Å². The maximum Gasteiger partial charge on any atom is 0.161 e. The van der Waals surface area contributed by atoms with Gasteiger partial charge in [0.05, 0.1) is 19.8 Å². The van der Waals surface area contributed by atoms with Crippen molar-refractivity contribution < 1.29 is 14.6 Å². The predicted molar refractivity (Wildman–Crippen MR) is 76.9 cm³/mol. The second-order valence-electron chi connectivity index (χ2n) is 5.35. The average Bonchev–Trinajstić information content (AvgIpc) is 2.36. The molecule has 1 rings (SSSR count). The Morgan fingerprint density at radius 2 is 1.84 bits per heavy atom. The highest BCUT2D eigenvalue weighted by Gasteiger charge is 2.14. The van der Waals surface area contributed by atoms with Crippen LogP contribution < -0.4 is 14.8 Å². The van der Waals surface area contributed by atoms with Gasteiger partial charge in [-0.05, 0) is 51.4 Å². The van der Waals surface area contributed by atoms with Crippen molar-refractivity contribution >= 4 is 0 Å². The highest BCUT2D eigenvalue weighted by atomic mass is 16.5. The van der Waals surface area contributed by atoms with Crippen molar-refractivity contribution in [2.24, 2.45) is 0 Å². The van der Waals surface area contributed by atoms with E-state index in [4.69, 9.17) is 9.47 Å². The molecule has 0 aliphatic heterocycles. The lowest BCUT2D eigenvalue weighted by Crippen LogP contribution is -2.28. The fraction of sp³-hybridized carbons (Fsp3) is 0.600. The molecule has 0 amide bonds. The summed E-state index contributed by atoms with van der Waals surface area (Å²) >= 11 is 0. The first-order valence-electron chi connectivity index (χ1n) is 6.55. The minimum absolute atomic E-state index is 0.196. The summed E-state index contributed by atoms with van der Waals surface area (Å²) in [5, 5.41) is 13.1. The van der Waals surface area contributed by atoms with E-state index >= 15 is 0 Å². The van der Waals surface area contributed by atoms with Crippen molar-refractivity contribution in [1.82, 2.24) is 5.32 Å². The van der Waals surface area contributed by atoms with E-state index in [1.54, 1.807) is 14.2 Å². The minimum atomic E-state index is -0.635. The Bertz CT molecular complexity index is 399. The van der Waals surface area contributed by atoms with Crippen LogP contribution in [-0.2, 0) is 0 Å². The maximum absolute atomic E-state index is 9.68. The molecular formula is C15H25NO3. The van der Waals surface area contributed by atoms with Gasteiger partial charge in [0.15, 0.2) is 11.5 Å². The zero-order valence-corrected chi connectivity index (χ0v) is 12.5. The molecule has 1 aromatic rings. The van der Waals surface area contributed by atoms with Crippen LogP contribution in [-0.4, -0.2) is 31.5 Å². The molecule has 1 unspecified atom stereocenters. The maximum atomic E-state index is 9.68. The fourth-order valence-electron chi connectivity index (χ4n) is 1.83. The number of benzene rings is 1. The van der Waals surface area contributed by atoms with E-state index in [0.29, 0.717) is 6.42 Å². The van der Waals surface area contributed by atoms with E-state index in [9.17, 15) is 5.11 Å². The summed E-state index contributed by atoms with van der Waals surface area (Å²) in [6, 6.07) is 6.09. The van der Waals surface area contributed by atoms with Crippen molar-refractivity contribution in [1.29, 1.82) is 0 Å². The van der Waals surface area contributed by atoms with Gasteiger partial charge in [0.2, 0.25) is 0 Å². The molecule has 0 radical (unpaired) electrons. The highest BCUT2D eigenvalue weighted by Crippen LogP contribution is 2.29. The van der Waals surface area contributed by atoms with Gasteiger partial charge >= 0.3 is 0 Å². The van der Waals surface area contributed by atoms with Crippen LogP contribution in [0.5, 0.6) is 11.5 Å². The van der Waals surface area contributed by atoms with Gasteiger partial charge in [0.1, 0.15) is 0 Å². The monoisotopic (exact) mass is 267 g/mol. The molecule has 0 aliphatic carbocycles. The molecule has 0 saturated heterocycles. The van der Waals surface area contributed by atoms with E-state index in [2.05, 4.69) is 12.2 Å². The summed E-state index contributed by atoms with van der Waals surface area (Å²) in [5.41, 5.74) is 0.498. The van der Waals surface area contributed by atoms with Crippen molar-refractivity contribution in [3.05, 3.63) is 23.8 Å². The predicted octanol–water partition coefficient (Wildman–Crippen LogP) is 2.52. The second-order valence-corrected chi connectivity index (χ2v) is 5.35. The summed E-state index contributed by atoms with van der Waals surface area (Å²) in [4.78, 5) is 0. The van der Waals surface area contributed by atoms with Crippen LogP contribution >= 0.6 is 0 Å². The molecule has 0 bridgehead atoms. The summed E-state index contributed by atoms with van der Waals surface area (Å²) in [5.74, 6) is 1.46. The van der Waals surface area contributed by atoms with Crippen LogP contribution in [0.2, 0.25) is 0 Å². The zero-order valence-electron chi connectivity index (χ0n) is 12.5. The number of aliphatic hydroxyl groups is 1. The molecule has 2 N–H and O–H groups in total. The first kappa shape index (κ1) is 15.8. The van der Waals surface area contributed by atoms with E-state index in [0.717, 1.165) is 23.6 Å². The lowest BCUT2D eigenvalue weighted by Gasteiger charge is -2.20. The standard InChI is InChI=1S/C15H25NO3/c1-11(16-9-8-15(2,3)17)12-6-7-13(18-4)14(10-12)19-5/h6-7,10-11,16-17H,8-9H2,1-5H3. The second kappa shape index (κ2) is 6.78. The Labute approximate surface area is 115 Å². The Kier molecular flexibility index (Phi) is 5.63. The molecule has 0 heterocycles. The van der Waals surface area contributed by atoms with Gasteiger partial charge in [-0.3, -0.25) is 0 Å². The average molecular weight is 267 g/mol. The highest BCUT2D eigenvalue weighted by molar-refractivity contribution is 5.43. The summed E-state index contributed by atoms with van der Waals surface area (Å²) in [6.45, 7) is 6.48. The lowest BCUT2D eigenvalue weighted by atomic mass is 10.0. The van der Waals surface area contributed by atoms with Gasteiger partial charge < -0.3 is 19.9 Å². The van der Waals surface area contributed by atoms with E-state index in [1.807, 2.05) is 32.0 Å². The Balaban J connectivity index is 2.64. The number of rotatable bonds is 7. The third-order valence-electron chi connectivity index (χ3n) is 3.09. The first-order valence-corrected chi connectivity index (χ1v) is 6.55. The molecule has 1 atom stereocenters. The largest absolute Gasteiger partial charge is 0.493 e. The number of hydrogen-bond acceptors (Lipinski definition) is 4. The molecule has 108 valence electrons. The van der Waals surface area contributed by atoms with Crippen LogP contribution in [0.25, 0.3) is 0 Å². The molecule has 1 aromatic carbocycles. The van der Waals surface area contributed by atoms with Gasteiger partial charge in [0.25, 0.3) is 0 Å². The smallest absolute Gasteiger partial charge is 0.161 e. The molecule has 0 spiro atoms. The molecule has 0 aromatic heterocycles. The Morgan fingerprint density at radius 1 is 1.21 bits per heavy atom. The minimum Gasteiger partial charge on any atom is -0.493 e. The van der Waals surface area contributed by atoms with Crippen LogP contribution in [0.1, 0.15) is 38.8 Å². The molecule has 0 aliphatic rings. The molecule has 19 heavy (non-hydrogen) atoms. The Hall–Kier alpha value is -1.26. The number of hydrogen-bond donors (Lipinski definition) is 2.